The Bertz CT molecular complexity index is 827. The van der Waals surface area contributed by atoms with Gasteiger partial charge >= 0.3 is 0 Å². The second-order valence-corrected chi connectivity index (χ2v) is 6.05. The standard InChI is InChI=1S/C17H12F4N2O2/c1-17(2)15(24)22(13-5-3-9(18)7-11(13)20)23(16(17)25)14-6-4-10(19)8-12(14)21/h3-8H,1-2H3. The summed E-state index contributed by atoms with van der Waals surface area (Å²) in [7, 11) is 0. The number of hydrazine groups is 1. The maximum absolute atomic E-state index is 14.2. The molecule has 0 radical (unpaired) electrons. The van der Waals surface area contributed by atoms with Gasteiger partial charge in [-0.25, -0.2) is 27.6 Å². The molecule has 0 spiro atoms. The molecule has 1 aliphatic heterocycles. The van der Waals surface area contributed by atoms with E-state index in [1.807, 2.05) is 0 Å². The number of hydrogen-bond acceptors (Lipinski definition) is 2. The molecule has 3 rings (SSSR count). The van der Waals surface area contributed by atoms with Crippen molar-refractivity contribution < 1.29 is 27.2 Å². The Hall–Kier alpha value is -2.90. The van der Waals surface area contributed by atoms with Gasteiger partial charge in [0, 0.05) is 12.1 Å². The van der Waals surface area contributed by atoms with Gasteiger partial charge in [0.1, 0.15) is 28.4 Å². The van der Waals surface area contributed by atoms with Crippen molar-refractivity contribution in [1.82, 2.24) is 0 Å². The molecule has 0 N–H and O–H groups in total. The molecule has 4 nitrogen and oxygen atoms in total. The lowest BCUT2D eigenvalue weighted by Gasteiger charge is -2.28. The summed E-state index contributed by atoms with van der Waals surface area (Å²) in [4.78, 5) is 25.3. The van der Waals surface area contributed by atoms with Crippen LogP contribution in [0.25, 0.3) is 0 Å². The van der Waals surface area contributed by atoms with Crippen molar-refractivity contribution in [2.45, 2.75) is 13.8 Å². The summed E-state index contributed by atoms with van der Waals surface area (Å²) in [5, 5.41) is 1.26. The predicted octanol–water partition coefficient (Wildman–Crippen LogP) is 3.56. The first-order valence-corrected chi connectivity index (χ1v) is 7.23. The molecule has 0 unspecified atom stereocenters. The van der Waals surface area contributed by atoms with Crippen molar-refractivity contribution in [3.05, 3.63) is 59.7 Å². The van der Waals surface area contributed by atoms with Crippen molar-refractivity contribution >= 4 is 23.2 Å². The minimum absolute atomic E-state index is 0.422. The lowest BCUT2D eigenvalue weighted by Crippen LogP contribution is -2.42. The quantitative estimate of drug-likeness (QED) is 0.612. The molecule has 2 aromatic rings. The van der Waals surface area contributed by atoms with Crippen LogP contribution in [0.1, 0.15) is 13.8 Å². The highest BCUT2D eigenvalue weighted by Gasteiger charge is 2.54. The number of amides is 2. The van der Waals surface area contributed by atoms with Gasteiger partial charge in [-0.1, -0.05) is 0 Å². The van der Waals surface area contributed by atoms with E-state index in [2.05, 4.69) is 0 Å². The largest absolute Gasteiger partial charge is 0.271 e. The molecule has 1 aliphatic rings. The Morgan fingerprint density at radius 3 is 1.40 bits per heavy atom. The van der Waals surface area contributed by atoms with E-state index < -0.39 is 51.9 Å². The van der Waals surface area contributed by atoms with Crippen LogP contribution < -0.4 is 10.0 Å². The Morgan fingerprint density at radius 2 is 1.08 bits per heavy atom. The van der Waals surface area contributed by atoms with Gasteiger partial charge in [0.2, 0.25) is 0 Å². The number of hydrogen-bond donors (Lipinski definition) is 0. The molecule has 0 bridgehead atoms. The van der Waals surface area contributed by atoms with Crippen LogP contribution in [0.2, 0.25) is 0 Å². The molecule has 2 aromatic carbocycles. The fraction of sp³-hybridized carbons (Fsp3) is 0.176. The van der Waals surface area contributed by atoms with E-state index in [1.165, 1.54) is 13.8 Å². The summed E-state index contributed by atoms with van der Waals surface area (Å²) in [6, 6.07) is 4.81. The number of halogens is 4. The van der Waals surface area contributed by atoms with Crippen LogP contribution in [-0.2, 0) is 9.59 Å². The molecular weight excluding hydrogens is 340 g/mol. The van der Waals surface area contributed by atoms with Crippen molar-refractivity contribution in [2.75, 3.05) is 10.0 Å². The Labute approximate surface area is 140 Å². The molecule has 130 valence electrons. The van der Waals surface area contributed by atoms with Crippen LogP contribution in [0.4, 0.5) is 28.9 Å². The minimum Gasteiger partial charge on any atom is -0.271 e. The number of rotatable bonds is 2. The summed E-state index contributed by atoms with van der Waals surface area (Å²) in [6.07, 6.45) is 0. The first-order chi connectivity index (χ1) is 11.6. The van der Waals surface area contributed by atoms with E-state index in [1.54, 1.807) is 0 Å². The van der Waals surface area contributed by atoms with Gasteiger partial charge in [0.15, 0.2) is 11.6 Å². The number of anilines is 2. The normalized spacial score (nSPS) is 16.7. The molecule has 0 aromatic heterocycles. The number of benzene rings is 2. The third-order valence-electron chi connectivity index (χ3n) is 3.93. The van der Waals surface area contributed by atoms with Gasteiger partial charge in [0.25, 0.3) is 11.8 Å². The summed E-state index contributed by atoms with van der Waals surface area (Å²) >= 11 is 0. The maximum atomic E-state index is 14.2. The molecule has 0 atom stereocenters. The molecule has 0 aliphatic carbocycles. The van der Waals surface area contributed by atoms with E-state index in [0.717, 1.165) is 24.3 Å². The van der Waals surface area contributed by atoms with Crippen LogP contribution in [0.3, 0.4) is 0 Å². The number of carbonyl (C=O) groups is 2. The fourth-order valence-electron chi connectivity index (χ4n) is 2.54. The van der Waals surface area contributed by atoms with Crippen molar-refractivity contribution in [2.24, 2.45) is 5.41 Å². The van der Waals surface area contributed by atoms with Crippen molar-refractivity contribution in [3.63, 3.8) is 0 Å². The molecule has 8 heteroatoms. The van der Waals surface area contributed by atoms with Gasteiger partial charge in [-0.3, -0.25) is 9.59 Å². The molecular formula is C17H12F4N2O2. The molecule has 1 heterocycles. The highest BCUT2D eigenvalue weighted by Crippen LogP contribution is 2.39. The zero-order chi connectivity index (χ0) is 18.5. The zero-order valence-corrected chi connectivity index (χ0v) is 13.2. The molecule has 2 amide bonds. The first-order valence-electron chi connectivity index (χ1n) is 7.23. The monoisotopic (exact) mass is 352 g/mol. The Morgan fingerprint density at radius 1 is 0.720 bits per heavy atom. The van der Waals surface area contributed by atoms with Gasteiger partial charge in [0.05, 0.1) is 0 Å². The predicted molar refractivity (Wildman–Crippen MR) is 81.5 cm³/mol. The van der Waals surface area contributed by atoms with Crippen LogP contribution in [-0.4, -0.2) is 11.8 Å². The second kappa shape index (κ2) is 5.58. The Kier molecular flexibility index (Phi) is 3.78. The van der Waals surface area contributed by atoms with Crippen molar-refractivity contribution in [1.29, 1.82) is 0 Å². The summed E-state index contributed by atoms with van der Waals surface area (Å²) in [6.45, 7) is 2.60. The van der Waals surface area contributed by atoms with Gasteiger partial charge in [-0.2, -0.15) is 0 Å². The van der Waals surface area contributed by atoms with E-state index in [9.17, 15) is 27.2 Å². The van der Waals surface area contributed by atoms with Crippen LogP contribution >= 0.6 is 0 Å². The van der Waals surface area contributed by atoms with Crippen LogP contribution in [0.5, 0.6) is 0 Å². The lowest BCUT2D eigenvalue weighted by atomic mass is 9.93. The third-order valence-corrected chi connectivity index (χ3v) is 3.93. The fourth-order valence-corrected chi connectivity index (χ4v) is 2.54. The van der Waals surface area contributed by atoms with E-state index in [-0.39, 0.29) is 0 Å². The van der Waals surface area contributed by atoms with Gasteiger partial charge in [-0.15, -0.1) is 0 Å². The second-order valence-electron chi connectivity index (χ2n) is 6.05. The smallest absolute Gasteiger partial charge is 0.261 e. The van der Waals surface area contributed by atoms with Gasteiger partial charge < -0.3 is 0 Å². The topological polar surface area (TPSA) is 40.6 Å². The summed E-state index contributed by atoms with van der Waals surface area (Å²) < 4.78 is 54.7. The maximum Gasteiger partial charge on any atom is 0.261 e. The SMILES string of the molecule is CC1(C)C(=O)N(c2ccc(F)cc2F)N(c2ccc(F)cc2F)C1=O. The van der Waals surface area contributed by atoms with E-state index >= 15 is 0 Å². The molecule has 1 fully saturated rings. The number of nitrogens with zero attached hydrogens (tertiary/aromatic N) is 2. The van der Waals surface area contributed by atoms with E-state index in [0.29, 0.717) is 22.2 Å². The van der Waals surface area contributed by atoms with Crippen LogP contribution in [0.15, 0.2) is 36.4 Å². The first kappa shape index (κ1) is 16.9. The average Bonchev–Trinajstić information content (AvgIpc) is 2.69. The van der Waals surface area contributed by atoms with Crippen molar-refractivity contribution in [3.8, 4) is 0 Å². The minimum atomic E-state index is -1.61. The summed E-state index contributed by atoms with van der Waals surface area (Å²) in [5.41, 5.74) is -2.45. The Balaban J connectivity index is 2.22. The summed E-state index contributed by atoms with van der Waals surface area (Å²) in [5.74, 6) is -5.62. The van der Waals surface area contributed by atoms with Crippen LogP contribution in [0, 0.1) is 28.7 Å². The highest BCUT2D eigenvalue weighted by molar-refractivity contribution is 6.25. The average molecular weight is 352 g/mol. The van der Waals surface area contributed by atoms with E-state index in [4.69, 9.17) is 0 Å². The van der Waals surface area contributed by atoms with Gasteiger partial charge in [-0.05, 0) is 38.1 Å². The highest BCUT2D eigenvalue weighted by atomic mass is 19.1. The third kappa shape index (κ3) is 2.54. The lowest BCUT2D eigenvalue weighted by molar-refractivity contribution is -0.132. The molecule has 0 saturated carbocycles. The number of carbonyl (C=O) groups excluding carboxylic acids is 2. The molecule has 1 saturated heterocycles. The molecule has 25 heavy (non-hydrogen) atoms. The zero-order valence-electron chi connectivity index (χ0n) is 13.2.